The smallest absolute Gasteiger partial charge is 0.243 e. The minimum atomic E-state index is -3.91. The van der Waals surface area contributed by atoms with Crippen LogP contribution in [0.25, 0.3) is 0 Å². The summed E-state index contributed by atoms with van der Waals surface area (Å²) in [6.45, 7) is 1.17. The minimum absolute atomic E-state index is 0. The predicted octanol–water partition coefficient (Wildman–Crippen LogP) is 2.46. The van der Waals surface area contributed by atoms with Crippen LogP contribution in [0.1, 0.15) is 17.2 Å². The summed E-state index contributed by atoms with van der Waals surface area (Å²) in [4.78, 5) is -0.0998. The van der Waals surface area contributed by atoms with Crippen molar-refractivity contribution in [1.29, 1.82) is 5.26 Å². The lowest BCUT2D eigenvalue weighted by molar-refractivity contribution is 0.264. The van der Waals surface area contributed by atoms with Crippen LogP contribution in [0, 0.1) is 17.1 Å². The molecule has 2 aromatic carbocycles. The molecule has 1 saturated heterocycles. The van der Waals surface area contributed by atoms with Gasteiger partial charge in [0.05, 0.1) is 23.6 Å². The Morgan fingerprint density at radius 3 is 2.74 bits per heavy atom. The van der Waals surface area contributed by atoms with E-state index in [0.29, 0.717) is 18.8 Å². The van der Waals surface area contributed by atoms with Gasteiger partial charge in [0, 0.05) is 25.2 Å². The van der Waals surface area contributed by atoms with Crippen molar-refractivity contribution in [2.24, 2.45) is 0 Å². The molecule has 0 spiro atoms. The Morgan fingerprint density at radius 1 is 1.30 bits per heavy atom. The van der Waals surface area contributed by atoms with Crippen LogP contribution in [0.15, 0.2) is 47.4 Å². The van der Waals surface area contributed by atoms with Gasteiger partial charge in [-0.3, -0.25) is 0 Å². The van der Waals surface area contributed by atoms with Crippen LogP contribution in [0.5, 0.6) is 5.75 Å². The van der Waals surface area contributed by atoms with E-state index < -0.39 is 21.9 Å². The number of para-hydroxylation sites is 1. The molecule has 144 valence electrons. The molecule has 1 heterocycles. The molecule has 0 amide bonds. The zero-order valence-electron chi connectivity index (χ0n) is 14.6. The molecule has 2 aromatic rings. The Labute approximate surface area is 164 Å². The van der Waals surface area contributed by atoms with Gasteiger partial charge in [0.2, 0.25) is 10.0 Å². The number of nitrogens with one attached hydrogen (secondary N) is 1. The van der Waals surface area contributed by atoms with E-state index in [2.05, 4.69) is 5.32 Å². The van der Waals surface area contributed by atoms with Gasteiger partial charge in [0.15, 0.2) is 0 Å². The molecular weight excluding hydrogens is 393 g/mol. The molecule has 0 aliphatic carbocycles. The third-order valence-corrected chi connectivity index (χ3v) is 6.26. The van der Waals surface area contributed by atoms with E-state index in [1.165, 1.54) is 17.5 Å². The Balaban J connectivity index is 0.00000261. The maximum Gasteiger partial charge on any atom is 0.243 e. The van der Waals surface area contributed by atoms with Crippen LogP contribution in [0.3, 0.4) is 0 Å². The maximum atomic E-state index is 13.6. The minimum Gasteiger partial charge on any atom is -0.496 e. The number of ether oxygens (including phenoxy) is 1. The molecular formula is C18H19ClFN3O3S. The molecule has 0 radical (unpaired) electrons. The van der Waals surface area contributed by atoms with Gasteiger partial charge in [-0.15, -0.1) is 12.4 Å². The number of sulfonamides is 1. The van der Waals surface area contributed by atoms with Crippen molar-refractivity contribution in [2.75, 3.05) is 26.7 Å². The summed E-state index contributed by atoms with van der Waals surface area (Å²) in [5.74, 6) is -0.147. The summed E-state index contributed by atoms with van der Waals surface area (Å²) in [7, 11) is -2.38. The number of nitriles is 1. The number of methoxy groups -OCH3 is 1. The van der Waals surface area contributed by atoms with E-state index in [-0.39, 0.29) is 29.4 Å². The molecule has 9 heteroatoms. The van der Waals surface area contributed by atoms with Gasteiger partial charge in [0.25, 0.3) is 0 Å². The highest BCUT2D eigenvalue weighted by molar-refractivity contribution is 7.89. The highest BCUT2D eigenvalue weighted by Crippen LogP contribution is 2.34. The summed E-state index contributed by atoms with van der Waals surface area (Å²) in [6.07, 6.45) is 0. The SMILES string of the molecule is COc1ccccc1C1CNCCN1S(=O)(=O)c1ccc(F)c(C#N)c1.Cl. The van der Waals surface area contributed by atoms with Gasteiger partial charge in [-0.2, -0.15) is 9.57 Å². The Morgan fingerprint density at radius 2 is 2.04 bits per heavy atom. The van der Waals surface area contributed by atoms with E-state index in [0.717, 1.165) is 17.7 Å². The summed E-state index contributed by atoms with van der Waals surface area (Å²) in [5.41, 5.74) is 0.448. The van der Waals surface area contributed by atoms with Crippen LogP contribution in [-0.2, 0) is 10.0 Å². The second-order valence-corrected chi connectivity index (χ2v) is 7.72. The first kappa shape index (κ1) is 21.1. The monoisotopic (exact) mass is 411 g/mol. The van der Waals surface area contributed by atoms with Crippen LogP contribution in [-0.4, -0.2) is 39.5 Å². The van der Waals surface area contributed by atoms with Crippen molar-refractivity contribution in [2.45, 2.75) is 10.9 Å². The van der Waals surface area contributed by atoms with Crippen molar-refractivity contribution >= 4 is 22.4 Å². The molecule has 3 rings (SSSR count). The van der Waals surface area contributed by atoms with Crippen molar-refractivity contribution in [1.82, 2.24) is 9.62 Å². The molecule has 0 bridgehead atoms. The number of benzene rings is 2. The summed E-state index contributed by atoms with van der Waals surface area (Å²) >= 11 is 0. The van der Waals surface area contributed by atoms with Gasteiger partial charge in [-0.05, 0) is 24.3 Å². The zero-order chi connectivity index (χ0) is 18.7. The Kier molecular flexibility index (Phi) is 6.78. The van der Waals surface area contributed by atoms with Gasteiger partial charge >= 0.3 is 0 Å². The number of halogens is 2. The van der Waals surface area contributed by atoms with Crippen molar-refractivity contribution in [3.8, 4) is 11.8 Å². The Hall–Kier alpha value is -2.18. The van der Waals surface area contributed by atoms with Gasteiger partial charge in [-0.1, -0.05) is 18.2 Å². The molecule has 6 nitrogen and oxygen atoms in total. The largest absolute Gasteiger partial charge is 0.496 e. The first-order valence-electron chi connectivity index (χ1n) is 8.04. The Bertz CT molecular complexity index is 963. The fraction of sp³-hybridized carbons (Fsp3) is 0.278. The standard InChI is InChI=1S/C18H18FN3O3S.ClH/c1-25-18-5-3-2-4-15(18)17-12-21-8-9-22(17)26(23,24)14-6-7-16(19)13(10-14)11-20;/h2-7,10,17,21H,8-9,12H2,1H3;1H. The number of hydrogen-bond donors (Lipinski definition) is 1. The molecule has 1 aliphatic rings. The fourth-order valence-corrected chi connectivity index (χ4v) is 4.70. The highest BCUT2D eigenvalue weighted by Gasteiger charge is 2.36. The second kappa shape index (κ2) is 8.67. The third kappa shape index (κ3) is 4.06. The molecule has 1 N–H and O–H groups in total. The molecule has 0 aromatic heterocycles. The lowest BCUT2D eigenvalue weighted by atomic mass is 10.0. The van der Waals surface area contributed by atoms with E-state index in [1.54, 1.807) is 12.1 Å². The van der Waals surface area contributed by atoms with Crippen LogP contribution in [0.4, 0.5) is 4.39 Å². The first-order chi connectivity index (χ1) is 12.5. The quantitative estimate of drug-likeness (QED) is 0.835. The lowest BCUT2D eigenvalue weighted by Gasteiger charge is -2.36. The van der Waals surface area contributed by atoms with Crippen LogP contribution < -0.4 is 10.1 Å². The van der Waals surface area contributed by atoms with Gasteiger partial charge < -0.3 is 10.1 Å². The first-order valence-corrected chi connectivity index (χ1v) is 9.48. The van der Waals surface area contributed by atoms with Crippen LogP contribution in [0.2, 0.25) is 0 Å². The molecule has 0 saturated carbocycles. The average Bonchev–Trinajstić information content (AvgIpc) is 2.68. The maximum absolute atomic E-state index is 13.6. The second-order valence-electron chi connectivity index (χ2n) is 5.83. The summed E-state index contributed by atoms with van der Waals surface area (Å²) in [5, 5.41) is 12.2. The third-order valence-electron chi connectivity index (χ3n) is 4.36. The van der Waals surface area contributed by atoms with Crippen molar-refractivity contribution in [3.05, 3.63) is 59.4 Å². The highest BCUT2D eigenvalue weighted by atomic mass is 35.5. The van der Waals surface area contributed by atoms with Crippen LogP contribution >= 0.6 is 12.4 Å². The fourth-order valence-electron chi connectivity index (χ4n) is 3.07. The van der Waals surface area contributed by atoms with Gasteiger partial charge in [-0.25, -0.2) is 12.8 Å². The van der Waals surface area contributed by atoms with E-state index >= 15 is 0 Å². The topological polar surface area (TPSA) is 82.4 Å². The molecule has 27 heavy (non-hydrogen) atoms. The van der Waals surface area contributed by atoms with E-state index in [1.807, 2.05) is 18.2 Å². The lowest BCUT2D eigenvalue weighted by Crippen LogP contribution is -2.48. The van der Waals surface area contributed by atoms with E-state index in [9.17, 15) is 12.8 Å². The summed E-state index contributed by atoms with van der Waals surface area (Å²) in [6, 6.07) is 11.7. The molecule has 1 fully saturated rings. The van der Waals surface area contributed by atoms with Crippen molar-refractivity contribution < 1.29 is 17.5 Å². The molecule has 1 aliphatic heterocycles. The molecule has 1 unspecified atom stereocenters. The number of piperazine rings is 1. The molecule has 1 atom stereocenters. The number of nitrogens with zero attached hydrogens (tertiary/aromatic N) is 2. The van der Waals surface area contributed by atoms with E-state index in [4.69, 9.17) is 10.00 Å². The predicted molar refractivity (Wildman–Crippen MR) is 101 cm³/mol. The zero-order valence-corrected chi connectivity index (χ0v) is 16.2. The van der Waals surface area contributed by atoms with Crippen molar-refractivity contribution in [3.63, 3.8) is 0 Å². The van der Waals surface area contributed by atoms with Gasteiger partial charge in [0.1, 0.15) is 17.6 Å². The number of hydrogen-bond acceptors (Lipinski definition) is 5. The summed E-state index contributed by atoms with van der Waals surface area (Å²) < 4.78 is 46.7. The number of rotatable bonds is 4. The normalized spacial score (nSPS) is 17.6. The average molecular weight is 412 g/mol.